The number of hydrogen-bond acceptors (Lipinski definition) is 3. The third kappa shape index (κ3) is 3.92. The molecule has 1 atom stereocenters. The van der Waals surface area contributed by atoms with Crippen LogP contribution in [0.2, 0.25) is 0 Å². The Morgan fingerprint density at radius 3 is 2.70 bits per heavy atom. The molecule has 1 unspecified atom stereocenters. The first-order chi connectivity index (χ1) is 11.0. The van der Waals surface area contributed by atoms with Crippen LogP contribution in [0.1, 0.15) is 12.8 Å². The highest BCUT2D eigenvalue weighted by molar-refractivity contribution is 5.78. The molecule has 4 nitrogen and oxygen atoms in total. The number of nitrogens with one attached hydrogen (secondary N) is 1. The van der Waals surface area contributed by atoms with Crippen LogP contribution in [-0.2, 0) is 0 Å². The zero-order chi connectivity index (χ0) is 16.3. The Bertz CT molecular complexity index is 595. The quantitative estimate of drug-likeness (QED) is 0.861. The molecule has 0 spiro atoms. The predicted molar refractivity (Wildman–Crippen MR) is 83.0 cm³/mol. The molecule has 1 fully saturated rings. The SMILES string of the molecule is FC(F)(F)Oc1cccc([N+]2(CC3CCNCC3)C=CN=C2)c1. The van der Waals surface area contributed by atoms with Crippen LogP contribution in [-0.4, -0.2) is 32.3 Å². The highest BCUT2D eigenvalue weighted by Crippen LogP contribution is 2.33. The minimum Gasteiger partial charge on any atom is -0.406 e. The second-order valence-electron chi connectivity index (χ2n) is 5.91. The van der Waals surface area contributed by atoms with Crippen LogP contribution in [0.25, 0.3) is 0 Å². The molecule has 1 N–H and O–H groups in total. The molecular weight excluding hydrogens is 307 g/mol. The molecule has 2 heterocycles. The van der Waals surface area contributed by atoms with Gasteiger partial charge in [0.2, 0.25) is 0 Å². The standard InChI is InChI=1S/C16H19F3N3O/c17-16(18,19)23-15-3-1-2-14(10-15)22(9-8-21-12-22)11-13-4-6-20-7-5-13/h1-3,8-10,12-13,20H,4-7,11H2/q+1. The van der Waals surface area contributed by atoms with E-state index in [2.05, 4.69) is 15.0 Å². The molecule has 0 aliphatic carbocycles. The molecule has 1 aromatic rings. The van der Waals surface area contributed by atoms with Gasteiger partial charge in [0.15, 0.2) is 6.34 Å². The fourth-order valence-electron chi connectivity index (χ4n) is 3.15. The first kappa shape index (κ1) is 16.0. The lowest BCUT2D eigenvalue weighted by Gasteiger charge is -2.33. The Morgan fingerprint density at radius 2 is 2.04 bits per heavy atom. The van der Waals surface area contributed by atoms with Crippen LogP contribution in [0.5, 0.6) is 5.75 Å². The van der Waals surface area contributed by atoms with E-state index in [9.17, 15) is 13.2 Å². The topological polar surface area (TPSA) is 33.6 Å². The molecule has 23 heavy (non-hydrogen) atoms. The van der Waals surface area contributed by atoms with Gasteiger partial charge >= 0.3 is 6.36 Å². The summed E-state index contributed by atoms with van der Waals surface area (Å²) in [4.78, 5) is 4.17. The third-order valence-electron chi connectivity index (χ3n) is 4.24. The van der Waals surface area contributed by atoms with E-state index in [1.54, 1.807) is 18.6 Å². The van der Waals surface area contributed by atoms with Crippen molar-refractivity contribution in [3.63, 3.8) is 0 Å². The summed E-state index contributed by atoms with van der Waals surface area (Å²) in [7, 11) is 0. The number of ether oxygens (including phenoxy) is 1. The van der Waals surface area contributed by atoms with E-state index in [4.69, 9.17) is 0 Å². The lowest BCUT2D eigenvalue weighted by Crippen LogP contribution is -2.47. The van der Waals surface area contributed by atoms with E-state index in [1.165, 1.54) is 12.1 Å². The van der Waals surface area contributed by atoms with Gasteiger partial charge in [0, 0.05) is 18.1 Å². The van der Waals surface area contributed by atoms with Gasteiger partial charge in [0.1, 0.15) is 17.6 Å². The van der Waals surface area contributed by atoms with Crippen LogP contribution in [0.4, 0.5) is 18.9 Å². The van der Waals surface area contributed by atoms with E-state index in [0.717, 1.165) is 38.2 Å². The highest BCUT2D eigenvalue weighted by Gasteiger charge is 2.35. The molecule has 0 aromatic heterocycles. The first-order valence-corrected chi connectivity index (χ1v) is 7.63. The van der Waals surface area contributed by atoms with E-state index >= 15 is 0 Å². The smallest absolute Gasteiger partial charge is 0.406 e. The summed E-state index contributed by atoms with van der Waals surface area (Å²) in [6.07, 6.45) is 2.80. The average molecular weight is 326 g/mol. The van der Waals surface area contributed by atoms with Crippen LogP contribution < -0.4 is 14.5 Å². The molecule has 1 aromatic carbocycles. The van der Waals surface area contributed by atoms with Crippen molar-refractivity contribution in [1.29, 1.82) is 0 Å². The molecule has 0 saturated carbocycles. The monoisotopic (exact) mass is 326 g/mol. The maximum Gasteiger partial charge on any atom is 0.573 e. The molecule has 3 rings (SSSR count). The molecule has 1 saturated heterocycles. The Kier molecular flexibility index (Phi) is 4.41. The number of aliphatic imine (C=N–C) groups is 1. The number of piperidine rings is 1. The summed E-state index contributed by atoms with van der Waals surface area (Å²) >= 11 is 0. The van der Waals surface area contributed by atoms with Gasteiger partial charge in [-0.1, -0.05) is 6.07 Å². The summed E-state index contributed by atoms with van der Waals surface area (Å²) < 4.78 is 41.7. The number of halogens is 3. The maximum absolute atomic E-state index is 12.4. The van der Waals surface area contributed by atoms with Crippen molar-refractivity contribution < 1.29 is 17.9 Å². The number of quaternary nitrogens is 1. The predicted octanol–water partition coefficient (Wildman–Crippen LogP) is 3.41. The van der Waals surface area contributed by atoms with Crippen LogP contribution in [0.3, 0.4) is 0 Å². The van der Waals surface area contributed by atoms with Crippen molar-refractivity contribution in [1.82, 2.24) is 9.80 Å². The number of hydrogen-bond donors (Lipinski definition) is 1. The summed E-state index contributed by atoms with van der Waals surface area (Å²) in [5.74, 6) is 0.296. The third-order valence-corrected chi connectivity index (χ3v) is 4.24. The number of nitrogens with zero attached hydrogens (tertiary/aromatic N) is 2. The fourth-order valence-corrected chi connectivity index (χ4v) is 3.15. The fraction of sp³-hybridized carbons (Fsp3) is 0.438. The molecule has 2 aliphatic rings. The van der Waals surface area contributed by atoms with E-state index in [-0.39, 0.29) is 5.75 Å². The van der Waals surface area contributed by atoms with Gasteiger partial charge in [-0.05, 0) is 32.0 Å². The molecule has 0 radical (unpaired) electrons. The molecule has 7 heteroatoms. The van der Waals surface area contributed by atoms with Gasteiger partial charge in [-0.2, -0.15) is 0 Å². The van der Waals surface area contributed by atoms with Gasteiger partial charge in [0.05, 0.1) is 12.7 Å². The molecule has 0 bridgehead atoms. The second-order valence-corrected chi connectivity index (χ2v) is 5.91. The Labute approximate surface area is 132 Å². The van der Waals surface area contributed by atoms with Gasteiger partial charge in [-0.15, -0.1) is 13.2 Å². The molecule has 2 aliphatic heterocycles. The zero-order valence-corrected chi connectivity index (χ0v) is 12.6. The minimum absolute atomic E-state index is 0.202. The molecular formula is C16H19F3N3O+. The number of benzene rings is 1. The summed E-state index contributed by atoms with van der Waals surface area (Å²) in [5.41, 5.74) is 0.725. The minimum atomic E-state index is -4.69. The van der Waals surface area contributed by atoms with E-state index < -0.39 is 6.36 Å². The lowest BCUT2D eigenvalue weighted by molar-refractivity contribution is -0.274. The van der Waals surface area contributed by atoms with Crippen molar-refractivity contribution in [2.24, 2.45) is 10.9 Å². The summed E-state index contributed by atoms with van der Waals surface area (Å²) in [6.45, 7) is 2.74. The molecule has 124 valence electrons. The van der Waals surface area contributed by atoms with Gasteiger partial charge in [0.25, 0.3) is 0 Å². The van der Waals surface area contributed by atoms with E-state index in [0.29, 0.717) is 10.4 Å². The Hall–Kier alpha value is -1.86. The Balaban J connectivity index is 1.85. The van der Waals surface area contributed by atoms with E-state index in [1.807, 2.05) is 12.3 Å². The number of alkyl halides is 3. The van der Waals surface area contributed by atoms with Crippen LogP contribution in [0, 0.1) is 5.92 Å². The van der Waals surface area contributed by atoms with Crippen LogP contribution in [0.15, 0.2) is 41.7 Å². The largest absolute Gasteiger partial charge is 0.573 e. The van der Waals surface area contributed by atoms with Gasteiger partial charge in [-0.25, -0.2) is 9.48 Å². The molecule has 0 amide bonds. The summed E-state index contributed by atoms with van der Waals surface area (Å²) in [6, 6.07) is 6.15. The van der Waals surface area contributed by atoms with Crippen molar-refractivity contribution in [2.45, 2.75) is 19.2 Å². The second kappa shape index (κ2) is 6.33. The first-order valence-electron chi connectivity index (χ1n) is 7.63. The summed E-state index contributed by atoms with van der Waals surface area (Å²) in [5, 5.41) is 3.32. The van der Waals surface area contributed by atoms with Crippen molar-refractivity contribution in [3.05, 3.63) is 36.7 Å². The average Bonchev–Trinajstić information content (AvgIpc) is 2.97. The lowest BCUT2D eigenvalue weighted by atomic mass is 9.96. The van der Waals surface area contributed by atoms with Crippen molar-refractivity contribution >= 4 is 12.0 Å². The normalized spacial score (nSPS) is 25.0. The Morgan fingerprint density at radius 1 is 1.26 bits per heavy atom. The highest BCUT2D eigenvalue weighted by atomic mass is 19.4. The van der Waals surface area contributed by atoms with Gasteiger partial charge < -0.3 is 10.1 Å². The van der Waals surface area contributed by atoms with Crippen molar-refractivity contribution in [2.75, 3.05) is 19.6 Å². The zero-order valence-electron chi connectivity index (χ0n) is 12.6. The van der Waals surface area contributed by atoms with Crippen molar-refractivity contribution in [3.8, 4) is 5.75 Å². The number of rotatable bonds is 4. The van der Waals surface area contributed by atoms with Crippen LogP contribution >= 0.6 is 0 Å². The maximum atomic E-state index is 12.4. The van der Waals surface area contributed by atoms with Gasteiger partial charge in [-0.3, -0.25) is 0 Å².